The molecule has 0 saturated carbocycles. The van der Waals surface area contributed by atoms with E-state index in [1.165, 1.54) is 12.4 Å². The summed E-state index contributed by atoms with van der Waals surface area (Å²) in [5.74, 6) is -0.423. The van der Waals surface area contributed by atoms with Gasteiger partial charge in [-0.2, -0.15) is 4.57 Å². The lowest BCUT2D eigenvalue weighted by atomic mass is 10.1. The number of aliphatic hydroxyl groups excluding tert-OH is 2. The van der Waals surface area contributed by atoms with Gasteiger partial charge in [-0.05, 0) is 4.92 Å². The van der Waals surface area contributed by atoms with E-state index in [2.05, 4.69) is 4.98 Å². The lowest BCUT2D eigenvalue weighted by molar-refractivity contribution is -0.399. The predicted molar refractivity (Wildman–Crippen MR) is 63.7 cm³/mol. The van der Waals surface area contributed by atoms with Crippen LogP contribution >= 0.6 is 22.6 Å². The molecule has 17 heavy (non-hydrogen) atoms. The summed E-state index contributed by atoms with van der Waals surface area (Å²) in [6.45, 7) is 0.207. The van der Waals surface area contributed by atoms with Crippen molar-refractivity contribution >= 4 is 28.5 Å². The van der Waals surface area contributed by atoms with E-state index in [1.807, 2.05) is 22.6 Å². The van der Waals surface area contributed by atoms with Crippen LogP contribution in [0.5, 0.6) is 0 Å². The molecule has 2 N–H and O–H groups in total. The highest BCUT2D eigenvalue weighted by molar-refractivity contribution is 14.1. The van der Waals surface area contributed by atoms with Crippen molar-refractivity contribution in [1.82, 2.24) is 9.55 Å². The van der Waals surface area contributed by atoms with Crippen LogP contribution in [0.15, 0.2) is 12.4 Å². The summed E-state index contributed by atoms with van der Waals surface area (Å²) in [5.41, 5.74) is 0. The quantitative estimate of drug-likeness (QED) is 0.331. The molecule has 8 nitrogen and oxygen atoms in total. The third-order valence-electron chi connectivity index (χ3n) is 2.52. The maximum Gasteiger partial charge on any atom is 0.436 e. The maximum absolute atomic E-state index is 10.7. The molecule has 0 amide bonds. The van der Waals surface area contributed by atoms with Crippen molar-refractivity contribution in [2.45, 2.75) is 22.4 Å². The van der Waals surface area contributed by atoms with Gasteiger partial charge in [-0.25, -0.2) is 0 Å². The molecule has 4 atom stereocenters. The number of hydrogen-bond donors (Lipinski definition) is 2. The number of nitrogens with zero attached hydrogens (tertiary/aromatic N) is 3. The van der Waals surface area contributed by atoms with Gasteiger partial charge in [-0.1, -0.05) is 27.6 Å². The monoisotopic (exact) mass is 353 g/mol. The fourth-order valence-corrected chi connectivity index (χ4v) is 2.29. The van der Waals surface area contributed by atoms with Crippen LogP contribution in [-0.4, -0.2) is 47.4 Å². The Labute approximate surface area is 110 Å². The first-order valence-corrected chi connectivity index (χ1v) is 6.06. The largest absolute Gasteiger partial charge is 0.436 e. The molecule has 0 unspecified atom stereocenters. The summed E-state index contributed by atoms with van der Waals surface area (Å²) in [6.07, 6.45) is -0.614. The van der Waals surface area contributed by atoms with Crippen LogP contribution in [-0.2, 0) is 4.74 Å². The Morgan fingerprint density at radius 2 is 2.29 bits per heavy atom. The molecule has 0 aliphatic carbocycles. The summed E-state index contributed by atoms with van der Waals surface area (Å²) in [7, 11) is 0. The van der Waals surface area contributed by atoms with Gasteiger partial charge in [0.05, 0.1) is 16.6 Å². The predicted octanol–water partition coefficient (Wildman–Crippen LogP) is -0.155. The van der Waals surface area contributed by atoms with Gasteiger partial charge in [0.15, 0.2) is 0 Å². The summed E-state index contributed by atoms with van der Waals surface area (Å²) >= 11 is 1.95. The van der Waals surface area contributed by atoms with Crippen molar-refractivity contribution < 1.29 is 19.9 Å². The number of alkyl halides is 1. The molecule has 2 rings (SSSR count). The van der Waals surface area contributed by atoms with Crippen molar-refractivity contribution in [2.75, 3.05) is 6.61 Å². The fourth-order valence-electron chi connectivity index (χ4n) is 1.66. The van der Waals surface area contributed by atoms with Gasteiger partial charge in [-0.3, -0.25) is 0 Å². The smallest absolute Gasteiger partial charge is 0.390 e. The van der Waals surface area contributed by atoms with E-state index < -0.39 is 29.3 Å². The third-order valence-corrected chi connectivity index (χ3v) is 3.62. The Hall–Kier alpha value is -0.780. The molecule has 1 aliphatic heterocycles. The first-order valence-electron chi connectivity index (χ1n) is 4.81. The van der Waals surface area contributed by atoms with E-state index in [-0.39, 0.29) is 10.5 Å². The number of rotatable bonds is 2. The van der Waals surface area contributed by atoms with Crippen LogP contribution in [0.3, 0.4) is 0 Å². The van der Waals surface area contributed by atoms with Gasteiger partial charge in [-0.15, -0.1) is 0 Å². The van der Waals surface area contributed by atoms with Crippen LogP contribution in [0.2, 0.25) is 0 Å². The molecule has 0 spiro atoms. The molecule has 2 heterocycles. The van der Waals surface area contributed by atoms with Crippen molar-refractivity contribution in [1.29, 1.82) is 0 Å². The molecule has 1 aliphatic rings. The zero-order valence-electron chi connectivity index (χ0n) is 8.51. The topological polar surface area (TPSA) is 111 Å². The highest BCUT2D eigenvalue weighted by atomic mass is 125. The summed E-state index contributed by atoms with van der Waals surface area (Å²) < 4.78 is 6.17. The van der Waals surface area contributed by atoms with Gasteiger partial charge < -0.3 is 25.1 Å². The number of ether oxygens (including phenoxy) is 1. The minimum atomic E-state index is -1.22. The Kier molecular flexibility index (Phi) is 3.61. The molecule has 1 saturated heterocycles. The standard InChI is InChI=1S/C8H10IN3O5/c9-4-3-17-7(6(14)5(4)13)11-2-1-10-8(11)12(15)16/h1-2,4-7,13-14H,3H2/t4-,5+,6+,7+/m0/s1/i9-2. The van der Waals surface area contributed by atoms with E-state index >= 15 is 0 Å². The molecular weight excluding hydrogens is 343 g/mol. The SMILES string of the molecule is O=[N+]([O-])c1nccn1[C@@H]1OC[C@H]([125I])[C@@H](O)[C@H]1O. The number of nitro groups is 1. The molecule has 9 heteroatoms. The first-order chi connectivity index (χ1) is 8.02. The lowest BCUT2D eigenvalue weighted by Crippen LogP contribution is -2.48. The highest BCUT2D eigenvalue weighted by Crippen LogP contribution is 2.30. The minimum Gasteiger partial charge on any atom is -0.390 e. The van der Waals surface area contributed by atoms with Gasteiger partial charge >= 0.3 is 5.95 Å². The zero-order chi connectivity index (χ0) is 12.6. The number of hydrogen-bond acceptors (Lipinski definition) is 6. The Morgan fingerprint density at radius 1 is 1.59 bits per heavy atom. The van der Waals surface area contributed by atoms with Crippen LogP contribution in [0.1, 0.15) is 6.23 Å². The number of aromatic nitrogens is 2. The molecule has 0 bridgehead atoms. The fraction of sp³-hybridized carbons (Fsp3) is 0.625. The van der Waals surface area contributed by atoms with Crippen molar-refractivity contribution in [3.8, 4) is 0 Å². The lowest BCUT2D eigenvalue weighted by Gasteiger charge is -2.33. The van der Waals surface area contributed by atoms with E-state index in [4.69, 9.17) is 4.74 Å². The van der Waals surface area contributed by atoms with E-state index in [0.717, 1.165) is 4.57 Å². The third kappa shape index (κ3) is 2.27. The van der Waals surface area contributed by atoms with Gasteiger partial charge in [0, 0.05) is 0 Å². The van der Waals surface area contributed by atoms with E-state index in [0.29, 0.717) is 0 Å². The Morgan fingerprint density at radius 3 is 2.94 bits per heavy atom. The highest BCUT2D eigenvalue weighted by Gasteiger charge is 2.41. The Bertz CT molecular complexity index is 425. The van der Waals surface area contributed by atoms with Crippen molar-refractivity contribution in [3.05, 3.63) is 22.5 Å². The zero-order valence-corrected chi connectivity index (χ0v) is 10.7. The first kappa shape index (κ1) is 12.7. The van der Waals surface area contributed by atoms with Crippen molar-refractivity contribution in [3.63, 3.8) is 0 Å². The van der Waals surface area contributed by atoms with Crippen LogP contribution in [0.4, 0.5) is 5.95 Å². The van der Waals surface area contributed by atoms with E-state index in [1.54, 1.807) is 0 Å². The van der Waals surface area contributed by atoms with Crippen LogP contribution < -0.4 is 0 Å². The van der Waals surface area contributed by atoms with Gasteiger partial charge in [0.25, 0.3) is 0 Å². The minimum absolute atomic E-state index is 0.207. The second-order valence-electron chi connectivity index (χ2n) is 3.61. The molecule has 1 aromatic heterocycles. The van der Waals surface area contributed by atoms with E-state index in [9.17, 15) is 20.3 Å². The molecule has 0 aromatic carbocycles. The molecular formula is C8H10IN3O5. The second-order valence-corrected chi connectivity index (χ2v) is 5.21. The maximum atomic E-state index is 10.7. The molecule has 0 radical (unpaired) electrons. The Balaban J connectivity index is 2.28. The summed E-state index contributed by atoms with van der Waals surface area (Å²) in [4.78, 5) is 13.6. The number of halogens is 1. The van der Waals surface area contributed by atoms with Crippen molar-refractivity contribution in [2.24, 2.45) is 0 Å². The normalized spacial score (nSPS) is 33.6. The summed E-state index contributed by atoms with van der Waals surface area (Å²) in [5, 5.41) is 30.2. The molecule has 1 aromatic rings. The number of imidazole rings is 1. The van der Waals surface area contributed by atoms with Gasteiger partial charge in [0.2, 0.25) is 6.23 Å². The molecule has 1 fully saturated rings. The van der Waals surface area contributed by atoms with Crippen LogP contribution in [0.25, 0.3) is 0 Å². The van der Waals surface area contributed by atoms with Gasteiger partial charge in [0.1, 0.15) is 18.5 Å². The van der Waals surface area contributed by atoms with Crippen LogP contribution in [0, 0.1) is 10.1 Å². The molecule has 94 valence electrons. The summed E-state index contributed by atoms with van der Waals surface area (Å²) in [6, 6.07) is 0. The average molecular weight is 353 g/mol. The number of aliphatic hydroxyl groups is 2. The average Bonchev–Trinajstić information content (AvgIpc) is 2.75. The second kappa shape index (κ2) is 4.84.